The van der Waals surface area contributed by atoms with E-state index in [0.29, 0.717) is 40.2 Å². The molecule has 11 heteroatoms. The molecule has 35 heavy (non-hydrogen) atoms. The van der Waals surface area contributed by atoms with Crippen molar-refractivity contribution in [1.82, 2.24) is 14.6 Å². The number of rotatable bonds is 8. The summed E-state index contributed by atoms with van der Waals surface area (Å²) in [4.78, 5) is 32.2. The molecule has 0 aliphatic heterocycles. The van der Waals surface area contributed by atoms with Gasteiger partial charge >= 0.3 is 0 Å². The lowest BCUT2D eigenvalue weighted by Gasteiger charge is -2.12. The maximum Gasteiger partial charge on any atom is 0.287 e. The Bertz CT molecular complexity index is 1480. The fourth-order valence-electron chi connectivity index (χ4n) is 3.37. The number of ether oxygens (including phenoxy) is 2. The van der Waals surface area contributed by atoms with Gasteiger partial charge < -0.3 is 9.47 Å². The van der Waals surface area contributed by atoms with Gasteiger partial charge in [-0.1, -0.05) is 28.9 Å². The first-order valence-corrected chi connectivity index (χ1v) is 11.4. The average Bonchev–Trinajstić information content (AvgIpc) is 2.85. The van der Waals surface area contributed by atoms with Gasteiger partial charge in [0.1, 0.15) is 12.0 Å². The van der Waals surface area contributed by atoms with E-state index in [-0.39, 0.29) is 17.1 Å². The Hall–Kier alpha value is -4.12. The maximum atomic E-state index is 13.3. The fraction of sp³-hybridized carbons (Fsp3) is 0.167. The number of fused-ring (bicyclic) bond motifs is 1. The average molecular weight is 538 g/mol. The Kier molecular flexibility index (Phi) is 7.16. The minimum absolute atomic E-state index is 0.135. The number of hydrogen-bond acceptors (Lipinski definition) is 8. The largest absolute Gasteiger partial charge is 0.493 e. The van der Waals surface area contributed by atoms with Crippen molar-refractivity contribution in [3.63, 3.8) is 0 Å². The molecular weight excluding hydrogens is 518 g/mol. The lowest BCUT2D eigenvalue weighted by molar-refractivity contribution is -0.385. The van der Waals surface area contributed by atoms with Gasteiger partial charge in [0.25, 0.3) is 11.2 Å². The molecule has 0 N–H and O–H groups in total. The third kappa shape index (κ3) is 5.19. The van der Waals surface area contributed by atoms with Gasteiger partial charge in [-0.2, -0.15) is 9.78 Å². The van der Waals surface area contributed by atoms with Crippen molar-refractivity contribution >= 4 is 38.7 Å². The minimum Gasteiger partial charge on any atom is -0.493 e. The van der Waals surface area contributed by atoms with E-state index < -0.39 is 4.92 Å². The van der Waals surface area contributed by atoms with E-state index in [2.05, 4.69) is 31.0 Å². The minimum atomic E-state index is -0.542. The van der Waals surface area contributed by atoms with Crippen LogP contribution in [0.5, 0.6) is 17.4 Å². The molecule has 0 aliphatic rings. The van der Waals surface area contributed by atoms with Crippen LogP contribution in [0.1, 0.15) is 24.7 Å². The van der Waals surface area contributed by atoms with E-state index in [1.54, 1.807) is 30.3 Å². The summed E-state index contributed by atoms with van der Waals surface area (Å²) in [7, 11) is 1.49. The number of nitrogens with zero attached hydrogens (tertiary/aromatic N) is 5. The second-order valence-electron chi connectivity index (χ2n) is 7.39. The molecule has 0 saturated heterocycles. The number of aromatic nitrogens is 3. The summed E-state index contributed by atoms with van der Waals surface area (Å²) >= 11 is 3.40. The van der Waals surface area contributed by atoms with Crippen LogP contribution in [0.25, 0.3) is 10.9 Å². The number of pyridine rings is 1. The van der Waals surface area contributed by atoms with Gasteiger partial charge in [0, 0.05) is 28.6 Å². The molecule has 178 valence electrons. The summed E-state index contributed by atoms with van der Waals surface area (Å²) in [6.45, 7) is 2.00. The molecule has 0 fully saturated rings. The topological polar surface area (TPSA) is 122 Å². The number of methoxy groups -OCH3 is 1. The normalized spacial score (nSPS) is 11.2. The molecule has 4 rings (SSSR count). The van der Waals surface area contributed by atoms with Crippen LogP contribution in [0, 0.1) is 10.1 Å². The Morgan fingerprint density at radius 3 is 2.74 bits per heavy atom. The van der Waals surface area contributed by atoms with Gasteiger partial charge in [-0.25, -0.2) is 9.97 Å². The highest BCUT2D eigenvalue weighted by Crippen LogP contribution is 2.34. The molecule has 0 spiro atoms. The molecule has 0 radical (unpaired) electrons. The van der Waals surface area contributed by atoms with E-state index >= 15 is 0 Å². The maximum absolute atomic E-state index is 13.3. The lowest BCUT2D eigenvalue weighted by Crippen LogP contribution is -2.22. The first-order valence-electron chi connectivity index (χ1n) is 10.6. The second-order valence-corrected chi connectivity index (χ2v) is 8.31. The third-order valence-electron chi connectivity index (χ3n) is 5.03. The van der Waals surface area contributed by atoms with Crippen LogP contribution < -0.4 is 15.0 Å². The summed E-state index contributed by atoms with van der Waals surface area (Å²) in [5.74, 6) is 1.36. The SMILES string of the molecule is CCCc1nc2ccc(Br)cc2c(=O)n1N=Cc1cccc(OC)c1Oc1ccc([N+](=O)[O-])cn1. The summed E-state index contributed by atoms with van der Waals surface area (Å²) in [6, 6.07) is 13.2. The highest BCUT2D eigenvalue weighted by molar-refractivity contribution is 9.10. The van der Waals surface area contributed by atoms with E-state index in [1.807, 2.05) is 13.0 Å². The highest BCUT2D eigenvalue weighted by atomic mass is 79.9. The molecule has 2 heterocycles. The lowest BCUT2D eigenvalue weighted by atomic mass is 10.2. The Morgan fingerprint density at radius 2 is 2.06 bits per heavy atom. The number of hydrogen-bond donors (Lipinski definition) is 0. The first kappa shape index (κ1) is 24.0. The zero-order valence-corrected chi connectivity index (χ0v) is 20.4. The zero-order valence-electron chi connectivity index (χ0n) is 18.8. The Labute approximate surface area is 208 Å². The van der Waals surface area contributed by atoms with Crippen LogP contribution in [-0.2, 0) is 6.42 Å². The standard InChI is InChI=1S/C24H20BrN5O5/c1-3-5-21-28-19-10-8-16(25)12-18(19)24(31)29(21)27-13-15-6-4-7-20(34-2)23(15)35-22-11-9-17(14-26-22)30(32)33/h4,6-14H,3,5H2,1-2H3. The van der Waals surface area contributed by atoms with Gasteiger partial charge in [-0.05, 0) is 36.8 Å². The van der Waals surface area contributed by atoms with Crippen molar-refractivity contribution in [2.75, 3.05) is 7.11 Å². The predicted molar refractivity (Wildman–Crippen MR) is 135 cm³/mol. The van der Waals surface area contributed by atoms with E-state index in [9.17, 15) is 14.9 Å². The molecule has 0 unspecified atom stereocenters. The van der Waals surface area contributed by atoms with Crippen molar-refractivity contribution in [3.05, 3.63) is 91.1 Å². The Balaban J connectivity index is 1.78. The van der Waals surface area contributed by atoms with E-state index in [0.717, 1.165) is 17.1 Å². The highest BCUT2D eigenvalue weighted by Gasteiger charge is 2.15. The molecule has 4 aromatic rings. The number of para-hydroxylation sites is 1. The molecule has 0 amide bonds. The van der Waals surface area contributed by atoms with Crippen molar-refractivity contribution in [1.29, 1.82) is 0 Å². The van der Waals surface area contributed by atoms with Gasteiger partial charge in [0.15, 0.2) is 11.5 Å². The van der Waals surface area contributed by atoms with Gasteiger partial charge in [0.2, 0.25) is 5.88 Å². The van der Waals surface area contributed by atoms with Crippen LogP contribution in [0.4, 0.5) is 5.69 Å². The smallest absolute Gasteiger partial charge is 0.287 e. The summed E-state index contributed by atoms with van der Waals surface area (Å²) in [5, 5.41) is 15.8. The molecule has 10 nitrogen and oxygen atoms in total. The van der Waals surface area contributed by atoms with Crippen LogP contribution >= 0.6 is 15.9 Å². The van der Waals surface area contributed by atoms with Crippen LogP contribution in [0.3, 0.4) is 0 Å². The fourth-order valence-corrected chi connectivity index (χ4v) is 3.73. The molecular formula is C24H20BrN5O5. The van der Waals surface area contributed by atoms with Crippen molar-refractivity contribution < 1.29 is 14.4 Å². The summed E-state index contributed by atoms with van der Waals surface area (Å²) in [6.07, 6.45) is 3.93. The van der Waals surface area contributed by atoms with Crippen molar-refractivity contribution in [2.24, 2.45) is 5.10 Å². The quantitative estimate of drug-likeness (QED) is 0.174. The number of benzene rings is 2. The third-order valence-corrected chi connectivity index (χ3v) is 5.52. The Morgan fingerprint density at radius 1 is 1.23 bits per heavy atom. The molecule has 0 bridgehead atoms. The van der Waals surface area contributed by atoms with Gasteiger partial charge in [-0.15, -0.1) is 0 Å². The van der Waals surface area contributed by atoms with Crippen molar-refractivity contribution in [3.8, 4) is 17.4 Å². The van der Waals surface area contributed by atoms with Crippen molar-refractivity contribution in [2.45, 2.75) is 19.8 Å². The molecule has 2 aromatic carbocycles. The van der Waals surface area contributed by atoms with E-state index in [1.165, 1.54) is 30.1 Å². The number of aryl methyl sites for hydroxylation is 1. The summed E-state index contributed by atoms with van der Waals surface area (Å²) < 4.78 is 13.4. The van der Waals surface area contributed by atoms with E-state index in [4.69, 9.17) is 9.47 Å². The number of halogens is 1. The van der Waals surface area contributed by atoms with Crippen LogP contribution in [-0.4, -0.2) is 32.9 Å². The zero-order chi connectivity index (χ0) is 24.9. The van der Waals surface area contributed by atoms with Gasteiger partial charge in [0.05, 0.1) is 29.2 Å². The number of nitro groups is 1. The van der Waals surface area contributed by atoms with Gasteiger partial charge in [-0.3, -0.25) is 14.9 Å². The monoisotopic (exact) mass is 537 g/mol. The predicted octanol–water partition coefficient (Wildman–Crippen LogP) is 5.10. The molecule has 2 aromatic heterocycles. The van der Waals surface area contributed by atoms with Crippen LogP contribution in [0.2, 0.25) is 0 Å². The molecule has 0 aliphatic carbocycles. The molecule has 0 saturated carbocycles. The summed E-state index contributed by atoms with van der Waals surface area (Å²) in [5.41, 5.74) is 0.659. The second kappa shape index (κ2) is 10.4. The van der Waals surface area contributed by atoms with Crippen LogP contribution in [0.15, 0.2) is 69.1 Å². The first-order chi connectivity index (χ1) is 16.9. The molecule has 0 atom stereocenters.